The van der Waals surface area contributed by atoms with E-state index in [9.17, 15) is 5.11 Å². The second kappa shape index (κ2) is 4.93. The predicted octanol–water partition coefficient (Wildman–Crippen LogP) is 3.57. The van der Waals surface area contributed by atoms with Gasteiger partial charge in [-0.05, 0) is 43.7 Å². The van der Waals surface area contributed by atoms with Gasteiger partial charge in [0.25, 0.3) is 0 Å². The van der Waals surface area contributed by atoms with Crippen LogP contribution in [0.3, 0.4) is 0 Å². The molecule has 2 saturated carbocycles. The van der Waals surface area contributed by atoms with Crippen molar-refractivity contribution in [1.82, 2.24) is 0 Å². The van der Waals surface area contributed by atoms with Crippen LogP contribution in [0.1, 0.15) is 44.9 Å². The quantitative estimate of drug-likeness (QED) is 0.835. The van der Waals surface area contributed by atoms with Gasteiger partial charge in [0, 0.05) is 5.69 Å². The zero-order valence-corrected chi connectivity index (χ0v) is 10.9. The highest BCUT2D eigenvalue weighted by Gasteiger charge is 2.47. The largest absolute Gasteiger partial charge is 0.387 e. The van der Waals surface area contributed by atoms with Crippen LogP contribution in [0.5, 0.6) is 0 Å². The van der Waals surface area contributed by atoms with E-state index >= 15 is 0 Å². The fourth-order valence-corrected chi connectivity index (χ4v) is 3.86. The molecule has 2 aliphatic carbocycles. The van der Waals surface area contributed by atoms with Gasteiger partial charge in [-0.25, -0.2) is 0 Å². The average Bonchev–Trinajstić information content (AvgIpc) is 2.41. The molecule has 0 aromatic heterocycles. The first-order chi connectivity index (χ1) is 8.79. The van der Waals surface area contributed by atoms with Crippen molar-refractivity contribution in [3.8, 4) is 0 Å². The lowest BCUT2D eigenvalue weighted by Crippen LogP contribution is -2.56. The molecular weight excluding hydrogens is 222 g/mol. The van der Waals surface area contributed by atoms with E-state index in [2.05, 4.69) is 17.4 Å². The Labute approximate surface area is 109 Å². The van der Waals surface area contributed by atoms with Crippen LogP contribution in [-0.4, -0.2) is 16.7 Å². The maximum absolute atomic E-state index is 11.0. The summed E-state index contributed by atoms with van der Waals surface area (Å²) in [6.45, 7) is 0. The van der Waals surface area contributed by atoms with Crippen molar-refractivity contribution in [3.05, 3.63) is 30.3 Å². The number of aliphatic hydroxyl groups is 1. The van der Waals surface area contributed by atoms with Crippen LogP contribution in [0, 0.1) is 5.92 Å². The van der Waals surface area contributed by atoms with E-state index in [1.165, 1.54) is 32.1 Å². The summed E-state index contributed by atoms with van der Waals surface area (Å²) in [5, 5.41) is 14.6. The number of benzene rings is 1. The molecular formula is C16H23NO. The van der Waals surface area contributed by atoms with Gasteiger partial charge in [-0.2, -0.15) is 0 Å². The lowest BCUT2D eigenvalue weighted by Gasteiger charge is -2.49. The van der Waals surface area contributed by atoms with Gasteiger partial charge >= 0.3 is 0 Å². The molecule has 0 unspecified atom stereocenters. The number of fused-ring (bicyclic) bond motifs is 1. The van der Waals surface area contributed by atoms with Crippen molar-refractivity contribution in [1.29, 1.82) is 0 Å². The first kappa shape index (κ1) is 12.0. The summed E-state index contributed by atoms with van der Waals surface area (Å²) in [7, 11) is 0. The predicted molar refractivity (Wildman–Crippen MR) is 74.6 cm³/mol. The molecule has 0 heterocycles. The van der Waals surface area contributed by atoms with Crippen LogP contribution in [0.4, 0.5) is 5.69 Å². The molecule has 3 rings (SSSR count). The van der Waals surface area contributed by atoms with Crippen LogP contribution in [0.15, 0.2) is 30.3 Å². The molecule has 0 saturated heterocycles. The molecule has 1 aromatic rings. The molecule has 2 aliphatic rings. The van der Waals surface area contributed by atoms with Crippen molar-refractivity contribution in [2.45, 2.75) is 56.6 Å². The number of anilines is 1. The fraction of sp³-hybridized carbons (Fsp3) is 0.625. The summed E-state index contributed by atoms with van der Waals surface area (Å²) < 4.78 is 0. The van der Waals surface area contributed by atoms with Crippen molar-refractivity contribution >= 4 is 5.69 Å². The molecule has 2 fully saturated rings. The molecule has 18 heavy (non-hydrogen) atoms. The van der Waals surface area contributed by atoms with E-state index in [0.717, 1.165) is 18.5 Å². The normalized spacial score (nSPS) is 35.8. The van der Waals surface area contributed by atoms with Gasteiger partial charge in [0.15, 0.2) is 0 Å². The topological polar surface area (TPSA) is 32.3 Å². The van der Waals surface area contributed by atoms with Crippen LogP contribution >= 0.6 is 0 Å². The van der Waals surface area contributed by atoms with Gasteiger partial charge in [0.1, 0.15) is 0 Å². The summed E-state index contributed by atoms with van der Waals surface area (Å²) in [4.78, 5) is 0. The lowest BCUT2D eigenvalue weighted by atomic mass is 9.65. The number of nitrogens with one attached hydrogen (secondary N) is 1. The van der Waals surface area contributed by atoms with Gasteiger partial charge in [-0.3, -0.25) is 0 Å². The number of hydrogen-bond donors (Lipinski definition) is 2. The number of hydrogen-bond acceptors (Lipinski definition) is 2. The molecule has 0 radical (unpaired) electrons. The molecule has 0 spiro atoms. The van der Waals surface area contributed by atoms with Crippen LogP contribution in [-0.2, 0) is 0 Å². The summed E-state index contributed by atoms with van der Waals surface area (Å²) >= 11 is 0. The SMILES string of the molecule is O[C@@]12CCCC[C@@H]1CCC[C@H]2Nc1ccccc1. The van der Waals surface area contributed by atoms with Gasteiger partial charge in [-0.15, -0.1) is 0 Å². The smallest absolute Gasteiger partial charge is 0.0875 e. The maximum Gasteiger partial charge on any atom is 0.0875 e. The maximum atomic E-state index is 11.0. The first-order valence-corrected chi connectivity index (χ1v) is 7.33. The summed E-state index contributed by atoms with van der Waals surface area (Å²) in [6.07, 6.45) is 8.22. The first-order valence-electron chi connectivity index (χ1n) is 7.33. The highest BCUT2D eigenvalue weighted by atomic mass is 16.3. The molecule has 2 nitrogen and oxygen atoms in total. The summed E-state index contributed by atoms with van der Waals surface area (Å²) in [5.74, 6) is 0.515. The standard InChI is InChI=1S/C16H23NO/c18-16-12-5-4-7-13(16)8-6-11-15(16)17-14-9-2-1-3-10-14/h1-3,9-10,13,15,17-18H,4-8,11-12H2/t13-,15-,16+/m1/s1. The summed E-state index contributed by atoms with van der Waals surface area (Å²) in [6, 6.07) is 10.6. The molecule has 2 N–H and O–H groups in total. The number of rotatable bonds is 2. The van der Waals surface area contributed by atoms with E-state index in [1.54, 1.807) is 0 Å². The Balaban J connectivity index is 1.78. The van der Waals surface area contributed by atoms with Crippen molar-refractivity contribution < 1.29 is 5.11 Å². The minimum absolute atomic E-state index is 0.235. The van der Waals surface area contributed by atoms with E-state index in [4.69, 9.17) is 0 Å². The zero-order valence-electron chi connectivity index (χ0n) is 10.9. The average molecular weight is 245 g/mol. The van der Waals surface area contributed by atoms with Crippen LogP contribution < -0.4 is 5.32 Å². The second-order valence-corrected chi connectivity index (χ2v) is 5.93. The van der Waals surface area contributed by atoms with Gasteiger partial charge in [0.2, 0.25) is 0 Å². The van der Waals surface area contributed by atoms with E-state index < -0.39 is 5.60 Å². The molecule has 2 heteroatoms. The Kier molecular flexibility index (Phi) is 3.29. The highest BCUT2D eigenvalue weighted by Crippen LogP contribution is 2.44. The monoisotopic (exact) mass is 245 g/mol. The molecule has 3 atom stereocenters. The Hall–Kier alpha value is -1.02. The third kappa shape index (κ3) is 2.14. The third-order valence-electron chi connectivity index (χ3n) is 4.85. The van der Waals surface area contributed by atoms with E-state index in [0.29, 0.717) is 5.92 Å². The Morgan fingerprint density at radius 3 is 2.61 bits per heavy atom. The van der Waals surface area contributed by atoms with Crippen molar-refractivity contribution in [3.63, 3.8) is 0 Å². The molecule has 0 aliphatic heterocycles. The molecule has 1 aromatic carbocycles. The van der Waals surface area contributed by atoms with Crippen LogP contribution in [0.2, 0.25) is 0 Å². The van der Waals surface area contributed by atoms with Gasteiger partial charge in [0.05, 0.1) is 11.6 Å². The van der Waals surface area contributed by atoms with Crippen LogP contribution in [0.25, 0.3) is 0 Å². The zero-order chi connectivity index (χ0) is 12.4. The lowest BCUT2D eigenvalue weighted by molar-refractivity contribution is -0.0835. The minimum Gasteiger partial charge on any atom is -0.387 e. The van der Waals surface area contributed by atoms with E-state index in [1.807, 2.05) is 18.2 Å². The Morgan fingerprint density at radius 1 is 1.00 bits per heavy atom. The Morgan fingerprint density at radius 2 is 1.78 bits per heavy atom. The van der Waals surface area contributed by atoms with Crippen molar-refractivity contribution in [2.75, 3.05) is 5.32 Å². The van der Waals surface area contributed by atoms with Gasteiger partial charge < -0.3 is 10.4 Å². The fourth-order valence-electron chi connectivity index (χ4n) is 3.86. The Bertz CT molecular complexity index is 389. The minimum atomic E-state index is -0.466. The van der Waals surface area contributed by atoms with Crippen molar-refractivity contribution in [2.24, 2.45) is 5.92 Å². The third-order valence-corrected chi connectivity index (χ3v) is 4.85. The molecule has 0 amide bonds. The molecule has 98 valence electrons. The summed E-state index contributed by atoms with van der Waals surface area (Å²) in [5.41, 5.74) is 0.675. The number of para-hydroxylation sites is 1. The molecule has 0 bridgehead atoms. The highest BCUT2D eigenvalue weighted by molar-refractivity contribution is 5.44. The second-order valence-electron chi connectivity index (χ2n) is 5.93. The van der Waals surface area contributed by atoms with Gasteiger partial charge in [-0.1, -0.05) is 37.5 Å². The van der Waals surface area contributed by atoms with E-state index in [-0.39, 0.29) is 6.04 Å².